The molecule has 0 unspecified atom stereocenters. The minimum atomic E-state index is 0.0278. The molecule has 6 heteroatoms. The summed E-state index contributed by atoms with van der Waals surface area (Å²) in [6.45, 7) is 0. The molecule has 5 nitrogen and oxygen atoms in total. The van der Waals surface area contributed by atoms with Crippen LogP contribution in [-0.2, 0) is 0 Å². The highest BCUT2D eigenvalue weighted by molar-refractivity contribution is 7.80. The molecule has 0 saturated heterocycles. The Morgan fingerprint density at radius 1 is 1.14 bits per heavy atom. The summed E-state index contributed by atoms with van der Waals surface area (Å²) in [5.41, 5.74) is 17.2. The molecule has 14 heavy (non-hydrogen) atoms. The lowest BCUT2D eigenvalue weighted by Gasteiger charge is -2.03. The van der Waals surface area contributed by atoms with Gasteiger partial charge in [-0.15, -0.1) is 0 Å². The van der Waals surface area contributed by atoms with Crippen molar-refractivity contribution < 1.29 is 0 Å². The van der Waals surface area contributed by atoms with E-state index in [1.54, 1.807) is 24.3 Å². The lowest BCUT2D eigenvalue weighted by Crippen LogP contribution is -2.21. The van der Waals surface area contributed by atoms with E-state index in [1.165, 1.54) is 0 Å². The third-order valence-electron chi connectivity index (χ3n) is 1.39. The predicted molar refractivity (Wildman–Crippen MR) is 62.3 cm³/mol. The van der Waals surface area contributed by atoms with Crippen molar-refractivity contribution in [3.05, 3.63) is 24.3 Å². The van der Waals surface area contributed by atoms with Crippen LogP contribution in [0.1, 0.15) is 0 Å². The molecule has 1 aromatic carbocycles. The Labute approximate surface area is 87.0 Å². The van der Waals surface area contributed by atoms with E-state index >= 15 is 0 Å². The van der Waals surface area contributed by atoms with Gasteiger partial charge < -0.3 is 22.5 Å². The largest absolute Gasteiger partial charge is 0.376 e. The van der Waals surface area contributed by atoms with Crippen LogP contribution in [0.3, 0.4) is 0 Å². The van der Waals surface area contributed by atoms with E-state index in [0.29, 0.717) is 5.69 Å². The van der Waals surface area contributed by atoms with Gasteiger partial charge in [-0.25, -0.2) is 4.99 Å². The van der Waals surface area contributed by atoms with Crippen LogP contribution >= 0.6 is 12.2 Å². The average Bonchev–Trinajstić information content (AvgIpc) is 2.06. The second kappa shape index (κ2) is 4.43. The number of hydrogen-bond donors (Lipinski definition) is 4. The molecule has 0 aromatic heterocycles. The molecule has 1 rings (SSSR count). The van der Waals surface area contributed by atoms with Gasteiger partial charge in [0.25, 0.3) is 0 Å². The Morgan fingerprint density at radius 3 is 2.14 bits per heavy atom. The summed E-state index contributed by atoms with van der Waals surface area (Å²) < 4.78 is 0. The van der Waals surface area contributed by atoms with Gasteiger partial charge >= 0.3 is 0 Å². The van der Waals surface area contributed by atoms with Crippen molar-refractivity contribution in [3.63, 3.8) is 0 Å². The molecule has 1 aromatic rings. The third-order valence-corrected chi connectivity index (χ3v) is 1.50. The number of rotatable bonds is 2. The zero-order valence-corrected chi connectivity index (χ0v) is 8.21. The maximum atomic E-state index is 5.30. The number of guanidine groups is 1. The predicted octanol–water partition coefficient (Wildman–Crippen LogP) is 0.247. The molecular weight excluding hydrogens is 198 g/mol. The number of nitrogens with two attached hydrogens (primary N) is 3. The first kappa shape index (κ1) is 10.3. The van der Waals surface area contributed by atoms with E-state index in [4.69, 9.17) is 17.2 Å². The molecule has 0 saturated carbocycles. The van der Waals surface area contributed by atoms with Crippen LogP contribution in [0, 0.1) is 0 Å². The van der Waals surface area contributed by atoms with Crippen molar-refractivity contribution in [1.29, 1.82) is 0 Å². The zero-order valence-electron chi connectivity index (χ0n) is 7.40. The topological polar surface area (TPSA) is 102 Å². The fourth-order valence-corrected chi connectivity index (χ4v) is 1.03. The van der Waals surface area contributed by atoms with Crippen molar-refractivity contribution >= 4 is 34.7 Å². The van der Waals surface area contributed by atoms with Gasteiger partial charge in [0.1, 0.15) is 0 Å². The SMILES string of the molecule is NC(=S)Nc1ccc(N=C(N)N)cc1. The van der Waals surface area contributed by atoms with E-state index in [1.807, 2.05) is 0 Å². The zero-order chi connectivity index (χ0) is 10.6. The van der Waals surface area contributed by atoms with Gasteiger partial charge in [-0.2, -0.15) is 0 Å². The van der Waals surface area contributed by atoms with Gasteiger partial charge in [0.05, 0.1) is 5.69 Å². The molecule has 0 spiro atoms. The summed E-state index contributed by atoms with van der Waals surface area (Å²) in [6.07, 6.45) is 0. The van der Waals surface area contributed by atoms with E-state index < -0.39 is 0 Å². The fourth-order valence-electron chi connectivity index (χ4n) is 0.911. The number of thiocarbonyl (C=S) groups is 1. The Hall–Kier alpha value is -1.82. The first-order valence-corrected chi connectivity index (χ1v) is 4.25. The minimum Gasteiger partial charge on any atom is -0.376 e. The van der Waals surface area contributed by atoms with Crippen LogP contribution in [0.25, 0.3) is 0 Å². The van der Waals surface area contributed by atoms with Crippen molar-refractivity contribution in [1.82, 2.24) is 0 Å². The monoisotopic (exact) mass is 209 g/mol. The number of nitrogens with one attached hydrogen (secondary N) is 1. The molecule has 0 heterocycles. The van der Waals surface area contributed by atoms with Crippen LogP contribution in [-0.4, -0.2) is 11.1 Å². The van der Waals surface area contributed by atoms with Crippen LogP contribution in [0.15, 0.2) is 29.3 Å². The standard InChI is InChI=1S/C8H11N5S/c9-7(10)12-5-1-3-6(4-2-5)13-8(11)14/h1-4H,(H4,9,10,12)(H3,11,13,14). The molecule has 0 aliphatic carbocycles. The van der Waals surface area contributed by atoms with Gasteiger partial charge in [0.2, 0.25) is 0 Å². The van der Waals surface area contributed by atoms with E-state index in [2.05, 4.69) is 22.5 Å². The smallest absolute Gasteiger partial charge is 0.191 e. The summed E-state index contributed by atoms with van der Waals surface area (Å²) >= 11 is 4.68. The molecule has 0 radical (unpaired) electrons. The summed E-state index contributed by atoms with van der Waals surface area (Å²) in [5, 5.41) is 3.01. The van der Waals surface area contributed by atoms with E-state index in [9.17, 15) is 0 Å². The normalized spacial score (nSPS) is 9.14. The van der Waals surface area contributed by atoms with Crippen molar-refractivity contribution in [2.45, 2.75) is 0 Å². The van der Waals surface area contributed by atoms with Crippen LogP contribution in [0.5, 0.6) is 0 Å². The Balaban J connectivity index is 2.78. The van der Waals surface area contributed by atoms with Crippen LogP contribution in [0.2, 0.25) is 0 Å². The van der Waals surface area contributed by atoms with Gasteiger partial charge in [-0.1, -0.05) is 0 Å². The maximum absolute atomic E-state index is 5.30. The van der Waals surface area contributed by atoms with Crippen LogP contribution < -0.4 is 22.5 Å². The van der Waals surface area contributed by atoms with E-state index in [-0.39, 0.29) is 11.1 Å². The van der Waals surface area contributed by atoms with Crippen molar-refractivity contribution in [2.24, 2.45) is 22.2 Å². The van der Waals surface area contributed by atoms with Crippen molar-refractivity contribution in [3.8, 4) is 0 Å². The molecule has 0 fully saturated rings. The summed E-state index contributed by atoms with van der Waals surface area (Å²) in [5.74, 6) is 0.0278. The number of aliphatic imine (C=N–C) groups is 1. The third kappa shape index (κ3) is 3.28. The number of nitrogens with zero attached hydrogens (tertiary/aromatic N) is 1. The Bertz CT molecular complexity index is 352. The van der Waals surface area contributed by atoms with Gasteiger partial charge in [0, 0.05) is 5.69 Å². The summed E-state index contributed by atoms with van der Waals surface area (Å²) in [6, 6.07) is 7.06. The van der Waals surface area contributed by atoms with Crippen LogP contribution in [0.4, 0.5) is 11.4 Å². The Morgan fingerprint density at radius 2 is 1.71 bits per heavy atom. The second-order valence-corrected chi connectivity index (χ2v) is 3.01. The molecule has 74 valence electrons. The molecule has 7 N–H and O–H groups in total. The molecule has 0 amide bonds. The second-order valence-electron chi connectivity index (χ2n) is 2.57. The highest BCUT2D eigenvalue weighted by Crippen LogP contribution is 2.15. The molecule has 0 bridgehead atoms. The highest BCUT2D eigenvalue weighted by atomic mass is 32.1. The minimum absolute atomic E-state index is 0.0278. The lowest BCUT2D eigenvalue weighted by atomic mass is 10.3. The van der Waals surface area contributed by atoms with Gasteiger partial charge in [-0.05, 0) is 36.5 Å². The highest BCUT2D eigenvalue weighted by Gasteiger charge is 1.93. The fraction of sp³-hybridized carbons (Fsp3) is 0. The summed E-state index contributed by atoms with van der Waals surface area (Å²) in [4.78, 5) is 3.86. The number of hydrogen-bond acceptors (Lipinski definition) is 2. The first-order chi connectivity index (χ1) is 6.58. The number of benzene rings is 1. The van der Waals surface area contributed by atoms with Gasteiger partial charge in [-0.3, -0.25) is 0 Å². The first-order valence-electron chi connectivity index (χ1n) is 3.84. The molecule has 0 aliphatic heterocycles. The Kier molecular flexibility index (Phi) is 3.24. The molecule has 0 atom stereocenters. The van der Waals surface area contributed by atoms with Gasteiger partial charge in [0.15, 0.2) is 11.1 Å². The molecule has 0 aliphatic rings. The van der Waals surface area contributed by atoms with E-state index in [0.717, 1.165) is 5.69 Å². The lowest BCUT2D eigenvalue weighted by molar-refractivity contribution is 1.42. The summed E-state index contributed by atoms with van der Waals surface area (Å²) in [7, 11) is 0. The molecular formula is C8H11N5S. The number of anilines is 1. The quantitative estimate of drug-likeness (QED) is 0.317. The van der Waals surface area contributed by atoms with Crippen molar-refractivity contribution in [2.75, 3.05) is 5.32 Å². The average molecular weight is 209 g/mol. The maximum Gasteiger partial charge on any atom is 0.191 e.